The lowest BCUT2D eigenvalue weighted by molar-refractivity contribution is 0.0824. The first-order valence-electron chi connectivity index (χ1n) is 9.01. The Morgan fingerprint density at radius 3 is 2.52 bits per heavy atom. The normalized spacial score (nSPS) is 11.9. The quantitative estimate of drug-likeness (QED) is 0.532. The molecule has 150 valence electrons. The fraction of sp³-hybridized carbons (Fsp3) is 0.250. The van der Waals surface area contributed by atoms with Crippen LogP contribution in [0.3, 0.4) is 0 Å². The number of halogens is 3. The van der Waals surface area contributed by atoms with Crippen molar-refractivity contribution in [3.63, 3.8) is 0 Å². The molecule has 6 nitrogen and oxygen atoms in total. The van der Waals surface area contributed by atoms with Crippen molar-refractivity contribution in [2.24, 2.45) is 0 Å². The van der Waals surface area contributed by atoms with Crippen LogP contribution in [0.15, 0.2) is 36.7 Å². The molecule has 0 fully saturated rings. The molecule has 0 amide bonds. The van der Waals surface area contributed by atoms with E-state index in [-0.39, 0.29) is 0 Å². The third kappa shape index (κ3) is 3.32. The highest BCUT2D eigenvalue weighted by Crippen LogP contribution is 2.33. The number of benzene rings is 1. The average molecular weight is 401 g/mol. The number of rotatable bonds is 5. The Labute approximate surface area is 164 Å². The molecule has 1 aromatic carbocycles. The molecule has 0 saturated heterocycles. The first-order chi connectivity index (χ1) is 13.8. The Bertz CT molecular complexity index is 1180. The lowest BCUT2D eigenvalue weighted by Crippen LogP contribution is -2.30. The molecular weight excluding hydrogens is 383 g/mol. The van der Waals surface area contributed by atoms with Gasteiger partial charge in [-0.1, -0.05) is 0 Å². The SMILES string of the molecule is CCn1c(-c2cnc3[nH]ccc3c2)nnc1C(C)(C)Oc1c(F)cc(F)cc1F. The summed E-state index contributed by atoms with van der Waals surface area (Å²) in [5.41, 5.74) is 0.252. The Morgan fingerprint density at radius 1 is 1.10 bits per heavy atom. The molecule has 1 N–H and O–H groups in total. The maximum absolute atomic E-state index is 14.1. The zero-order valence-corrected chi connectivity index (χ0v) is 16.0. The first kappa shape index (κ1) is 19.0. The average Bonchev–Trinajstić information content (AvgIpc) is 3.30. The number of nitrogens with one attached hydrogen (secondary N) is 1. The van der Waals surface area contributed by atoms with Gasteiger partial charge in [0.2, 0.25) is 0 Å². The van der Waals surface area contributed by atoms with Gasteiger partial charge in [-0.15, -0.1) is 10.2 Å². The van der Waals surface area contributed by atoms with Crippen molar-refractivity contribution in [3.8, 4) is 17.1 Å². The van der Waals surface area contributed by atoms with Gasteiger partial charge in [0.15, 0.2) is 34.6 Å². The van der Waals surface area contributed by atoms with Crippen LogP contribution in [0.25, 0.3) is 22.4 Å². The van der Waals surface area contributed by atoms with Gasteiger partial charge in [0.05, 0.1) is 0 Å². The summed E-state index contributed by atoms with van der Waals surface area (Å²) in [6, 6.07) is 4.96. The van der Waals surface area contributed by atoms with Crippen LogP contribution in [0.5, 0.6) is 5.75 Å². The summed E-state index contributed by atoms with van der Waals surface area (Å²) in [7, 11) is 0. The fourth-order valence-electron chi connectivity index (χ4n) is 3.25. The van der Waals surface area contributed by atoms with Crippen LogP contribution < -0.4 is 4.74 Å². The second-order valence-electron chi connectivity index (χ2n) is 7.04. The predicted octanol–water partition coefficient (Wildman–Crippen LogP) is 4.57. The van der Waals surface area contributed by atoms with Crippen molar-refractivity contribution >= 4 is 11.0 Å². The minimum atomic E-state index is -1.24. The van der Waals surface area contributed by atoms with Gasteiger partial charge in [0.25, 0.3) is 0 Å². The summed E-state index contributed by atoms with van der Waals surface area (Å²) in [4.78, 5) is 7.39. The number of hydrogen-bond donors (Lipinski definition) is 1. The fourth-order valence-corrected chi connectivity index (χ4v) is 3.25. The Balaban J connectivity index is 1.75. The molecule has 0 aliphatic heterocycles. The van der Waals surface area contributed by atoms with Gasteiger partial charge >= 0.3 is 0 Å². The van der Waals surface area contributed by atoms with Gasteiger partial charge in [-0.05, 0) is 32.9 Å². The summed E-state index contributed by atoms with van der Waals surface area (Å²) in [5.74, 6) is -3.01. The van der Waals surface area contributed by atoms with Crippen molar-refractivity contribution in [1.82, 2.24) is 24.7 Å². The Hall–Kier alpha value is -3.36. The Morgan fingerprint density at radius 2 is 1.83 bits per heavy atom. The van der Waals surface area contributed by atoms with Gasteiger partial charge in [-0.3, -0.25) is 0 Å². The third-order valence-corrected chi connectivity index (χ3v) is 4.58. The van der Waals surface area contributed by atoms with E-state index in [0.29, 0.717) is 30.3 Å². The highest BCUT2D eigenvalue weighted by atomic mass is 19.1. The number of hydrogen-bond acceptors (Lipinski definition) is 4. The number of H-pyrrole nitrogens is 1. The molecule has 0 saturated carbocycles. The molecule has 0 aliphatic carbocycles. The lowest BCUT2D eigenvalue weighted by atomic mass is 10.1. The first-order valence-corrected chi connectivity index (χ1v) is 9.01. The number of fused-ring (bicyclic) bond motifs is 1. The van der Waals surface area contributed by atoms with E-state index in [0.717, 1.165) is 16.6 Å². The zero-order chi connectivity index (χ0) is 20.8. The molecule has 0 atom stereocenters. The summed E-state index contributed by atoms with van der Waals surface area (Å²) in [6.07, 6.45) is 3.46. The summed E-state index contributed by atoms with van der Waals surface area (Å²) < 4.78 is 48.7. The molecular formula is C20H18F3N5O. The molecule has 29 heavy (non-hydrogen) atoms. The standard InChI is InChI=1S/C20H18F3N5O/c1-4-28-18(12-7-11-5-6-24-17(11)25-10-12)26-27-19(28)20(2,3)29-16-14(22)8-13(21)9-15(16)23/h5-10H,4H2,1-3H3,(H,24,25). The second-order valence-corrected chi connectivity index (χ2v) is 7.04. The number of ether oxygens (including phenoxy) is 1. The minimum Gasteiger partial charge on any atom is -0.474 e. The van der Waals surface area contributed by atoms with Crippen molar-refractivity contribution in [2.45, 2.75) is 32.9 Å². The molecule has 3 heterocycles. The van der Waals surface area contributed by atoms with Gasteiger partial charge in [0.1, 0.15) is 11.5 Å². The number of aromatic nitrogens is 5. The molecule has 0 bridgehead atoms. The van der Waals surface area contributed by atoms with Crippen molar-refractivity contribution < 1.29 is 17.9 Å². The largest absolute Gasteiger partial charge is 0.474 e. The maximum atomic E-state index is 14.1. The molecule has 0 aliphatic rings. The van der Waals surface area contributed by atoms with E-state index in [9.17, 15) is 13.2 Å². The van der Waals surface area contributed by atoms with Crippen LogP contribution in [0.2, 0.25) is 0 Å². The van der Waals surface area contributed by atoms with Crippen LogP contribution in [-0.2, 0) is 12.1 Å². The Kier molecular flexibility index (Phi) is 4.52. The monoisotopic (exact) mass is 401 g/mol. The molecule has 9 heteroatoms. The lowest BCUT2D eigenvalue weighted by Gasteiger charge is -2.26. The molecule has 0 spiro atoms. The van der Waals surface area contributed by atoms with Gasteiger partial charge in [-0.25, -0.2) is 18.2 Å². The topological polar surface area (TPSA) is 68.6 Å². The molecule has 3 aromatic heterocycles. The van der Waals surface area contributed by atoms with E-state index in [4.69, 9.17) is 4.74 Å². The van der Waals surface area contributed by atoms with E-state index >= 15 is 0 Å². The van der Waals surface area contributed by atoms with Crippen LogP contribution in [0, 0.1) is 17.5 Å². The summed E-state index contributed by atoms with van der Waals surface area (Å²) in [6.45, 7) is 5.61. The molecule has 4 rings (SSSR count). The minimum absolute atomic E-state index is 0.368. The van der Waals surface area contributed by atoms with E-state index in [2.05, 4.69) is 20.2 Å². The number of nitrogens with zero attached hydrogens (tertiary/aromatic N) is 4. The van der Waals surface area contributed by atoms with Gasteiger partial charge in [-0.2, -0.15) is 0 Å². The van der Waals surface area contributed by atoms with Crippen LogP contribution in [-0.4, -0.2) is 24.7 Å². The number of aromatic amines is 1. The predicted molar refractivity (Wildman–Crippen MR) is 101 cm³/mol. The van der Waals surface area contributed by atoms with E-state index in [1.54, 1.807) is 30.8 Å². The van der Waals surface area contributed by atoms with Crippen LogP contribution in [0.4, 0.5) is 13.2 Å². The van der Waals surface area contributed by atoms with E-state index in [1.165, 1.54) is 0 Å². The van der Waals surface area contributed by atoms with E-state index in [1.807, 2.05) is 19.1 Å². The zero-order valence-electron chi connectivity index (χ0n) is 16.0. The second kappa shape index (κ2) is 6.91. The van der Waals surface area contributed by atoms with Crippen LogP contribution in [0.1, 0.15) is 26.6 Å². The molecule has 0 unspecified atom stereocenters. The highest BCUT2D eigenvalue weighted by molar-refractivity contribution is 5.79. The third-order valence-electron chi connectivity index (χ3n) is 4.58. The number of pyridine rings is 1. The van der Waals surface area contributed by atoms with Crippen molar-refractivity contribution in [3.05, 3.63) is 59.9 Å². The van der Waals surface area contributed by atoms with E-state index < -0.39 is 28.8 Å². The van der Waals surface area contributed by atoms with Gasteiger partial charge in [0, 0.05) is 42.0 Å². The molecule has 4 aromatic rings. The highest BCUT2D eigenvalue weighted by Gasteiger charge is 2.33. The van der Waals surface area contributed by atoms with Crippen molar-refractivity contribution in [1.29, 1.82) is 0 Å². The van der Waals surface area contributed by atoms with Crippen LogP contribution >= 0.6 is 0 Å². The maximum Gasteiger partial charge on any atom is 0.192 e. The smallest absolute Gasteiger partial charge is 0.192 e. The van der Waals surface area contributed by atoms with Gasteiger partial charge < -0.3 is 14.3 Å². The molecule has 0 radical (unpaired) electrons. The summed E-state index contributed by atoms with van der Waals surface area (Å²) >= 11 is 0. The van der Waals surface area contributed by atoms with Crippen molar-refractivity contribution in [2.75, 3.05) is 0 Å². The summed E-state index contributed by atoms with van der Waals surface area (Å²) in [5, 5.41) is 9.38.